The highest BCUT2D eigenvalue weighted by Gasteiger charge is 2.14. The predicted molar refractivity (Wildman–Crippen MR) is 67.7 cm³/mol. The van der Waals surface area contributed by atoms with Crippen LogP contribution in [0.2, 0.25) is 0 Å². The topological polar surface area (TPSA) is 26.0 Å². The van der Waals surface area contributed by atoms with Gasteiger partial charge in [0.15, 0.2) is 0 Å². The van der Waals surface area contributed by atoms with Gasteiger partial charge in [-0.2, -0.15) is 0 Å². The van der Waals surface area contributed by atoms with E-state index in [1.54, 1.807) is 0 Å². The molecule has 0 saturated carbocycles. The first kappa shape index (κ1) is 12.3. The van der Waals surface area contributed by atoms with E-state index in [-0.39, 0.29) is 0 Å². The van der Waals surface area contributed by atoms with Crippen molar-refractivity contribution in [2.45, 2.75) is 39.5 Å². The lowest BCUT2D eigenvalue weighted by Gasteiger charge is -2.21. The van der Waals surface area contributed by atoms with E-state index in [4.69, 9.17) is 5.73 Å². The molecule has 0 aromatic rings. The molecule has 0 heterocycles. The van der Waals surface area contributed by atoms with Crippen molar-refractivity contribution in [2.24, 2.45) is 11.7 Å². The second-order valence-corrected chi connectivity index (χ2v) is 4.33. The second kappa shape index (κ2) is 5.92. The summed E-state index contributed by atoms with van der Waals surface area (Å²) >= 11 is 0. The molecule has 0 bridgehead atoms. The van der Waals surface area contributed by atoms with Crippen molar-refractivity contribution in [1.82, 2.24) is 0 Å². The van der Waals surface area contributed by atoms with Crippen LogP contribution in [-0.4, -0.2) is 6.54 Å². The Morgan fingerprint density at radius 3 is 2.67 bits per heavy atom. The van der Waals surface area contributed by atoms with Gasteiger partial charge in [0, 0.05) is 5.92 Å². The van der Waals surface area contributed by atoms with Crippen LogP contribution in [0.1, 0.15) is 39.5 Å². The molecular weight excluding hydrogens is 182 g/mol. The van der Waals surface area contributed by atoms with Gasteiger partial charge in [-0.25, -0.2) is 0 Å². The van der Waals surface area contributed by atoms with Gasteiger partial charge in [0.1, 0.15) is 0 Å². The highest BCUT2D eigenvalue weighted by Crippen LogP contribution is 2.30. The third-order valence-electron chi connectivity index (χ3n) is 3.18. The van der Waals surface area contributed by atoms with Gasteiger partial charge in [0.25, 0.3) is 0 Å². The average molecular weight is 205 g/mol. The molecule has 0 fully saturated rings. The number of allylic oxidation sites excluding steroid dienone is 5. The van der Waals surface area contributed by atoms with Crippen LogP contribution >= 0.6 is 0 Å². The first-order chi connectivity index (χ1) is 7.19. The molecular formula is C14H23N. The Labute approximate surface area is 93.7 Å². The van der Waals surface area contributed by atoms with E-state index in [1.165, 1.54) is 23.1 Å². The zero-order valence-corrected chi connectivity index (χ0v) is 10.1. The monoisotopic (exact) mass is 205 g/mol. The minimum Gasteiger partial charge on any atom is -0.330 e. The lowest BCUT2D eigenvalue weighted by molar-refractivity contribution is 0.725. The zero-order chi connectivity index (χ0) is 11.3. The Balaban J connectivity index is 2.61. The van der Waals surface area contributed by atoms with Crippen LogP contribution < -0.4 is 5.73 Å². The standard InChI is InChI=1S/C14H23N/c1-4-14-10-13(7-5-6-8-15)9-11(2)12(14)3/h9-10,12H,2,4-8,15H2,1,3H3. The molecule has 1 aliphatic rings. The molecule has 15 heavy (non-hydrogen) atoms. The molecule has 0 radical (unpaired) electrons. The van der Waals surface area contributed by atoms with E-state index in [9.17, 15) is 0 Å². The first-order valence-corrected chi connectivity index (χ1v) is 5.99. The molecule has 0 spiro atoms. The number of hydrogen-bond donors (Lipinski definition) is 1. The molecule has 1 heteroatoms. The van der Waals surface area contributed by atoms with Gasteiger partial charge in [-0.05, 0) is 43.4 Å². The molecule has 1 unspecified atom stereocenters. The molecule has 84 valence electrons. The summed E-state index contributed by atoms with van der Waals surface area (Å²) in [4.78, 5) is 0. The number of rotatable bonds is 5. The molecule has 0 saturated heterocycles. The molecule has 0 aromatic heterocycles. The Kier molecular flexibility index (Phi) is 4.83. The van der Waals surface area contributed by atoms with E-state index in [0.717, 1.165) is 25.8 Å². The minimum atomic E-state index is 0.535. The summed E-state index contributed by atoms with van der Waals surface area (Å²) in [6.45, 7) is 9.39. The van der Waals surface area contributed by atoms with Gasteiger partial charge in [-0.1, -0.05) is 38.2 Å². The molecule has 0 aliphatic heterocycles. The Morgan fingerprint density at radius 2 is 2.07 bits per heavy atom. The van der Waals surface area contributed by atoms with Crippen molar-refractivity contribution >= 4 is 0 Å². The van der Waals surface area contributed by atoms with Crippen LogP contribution in [-0.2, 0) is 0 Å². The van der Waals surface area contributed by atoms with E-state index >= 15 is 0 Å². The van der Waals surface area contributed by atoms with E-state index in [0.29, 0.717) is 5.92 Å². The maximum Gasteiger partial charge on any atom is 0.00171 e. The van der Waals surface area contributed by atoms with Crippen molar-refractivity contribution in [2.75, 3.05) is 6.54 Å². The van der Waals surface area contributed by atoms with Gasteiger partial charge in [0.05, 0.1) is 0 Å². The summed E-state index contributed by atoms with van der Waals surface area (Å²) in [6.07, 6.45) is 9.20. The third kappa shape index (κ3) is 3.35. The highest BCUT2D eigenvalue weighted by atomic mass is 14.5. The SMILES string of the molecule is C=C1C=C(CCCCN)C=C(CC)C1C. The molecule has 2 N–H and O–H groups in total. The first-order valence-electron chi connectivity index (χ1n) is 5.99. The summed E-state index contributed by atoms with van der Waals surface area (Å²) in [5.74, 6) is 0.535. The lowest BCUT2D eigenvalue weighted by Crippen LogP contribution is -2.06. The smallest absolute Gasteiger partial charge is 0.00171 e. The fourth-order valence-electron chi connectivity index (χ4n) is 2.03. The van der Waals surface area contributed by atoms with E-state index < -0.39 is 0 Å². The Hall–Kier alpha value is -0.820. The van der Waals surface area contributed by atoms with Crippen LogP contribution in [0, 0.1) is 5.92 Å². The number of unbranched alkanes of at least 4 members (excludes halogenated alkanes) is 1. The van der Waals surface area contributed by atoms with Crippen molar-refractivity contribution in [3.63, 3.8) is 0 Å². The maximum absolute atomic E-state index is 5.49. The van der Waals surface area contributed by atoms with Crippen LogP contribution in [0.25, 0.3) is 0 Å². The van der Waals surface area contributed by atoms with Crippen LogP contribution in [0.15, 0.2) is 35.5 Å². The summed E-state index contributed by atoms with van der Waals surface area (Å²) in [6, 6.07) is 0. The van der Waals surface area contributed by atoms with Crippen molar-refractivity contribution in [3.8, 4) is 0 Å². The van der Waals surface area contributed by atoms with Gasteiger partial charge >= 0.3 is 0 Å². The van der Waals surface area contributed by atoms with Crippen molar-refractivity contribution < 1.29 is 0 Å². The highest BCUT2D eigenvalue weighted by molar-refractivity contribution is 5.41. The average Bonchev–Trinajstić information content (AvgIpc) is 2.23. The number of hydrogen-bond acceptors (Lipinski definition) is 1. The van der Waals surface area contributed by atoms with Crippen LogP contribution in [0.4, 0.5) is 0 Å². The normalized spacial score (nSPS) is 21.3. The fraction of sp³-hybridized carbons (Fsp3) is 0.571. The lowest BCUT2D eigenvalue weighted by atomic mass is 9.84. The molecule has 1 rings (SSSR count). The summed E-state index contributed by atoms with van der Waals surface area (Å²) in [7, 11) is 0. The third-order valence-corrected chi connectivity index (χ3v) is 3.18. The summed E-state index contributed by atoms with van der Waals surface area (Å²) < 4.78 is 0. The Bertz CT molecular complexity index is 284. The van der Waals surface area contributed by atoms with Crippen LogP contribution in [0.5, 0.6) is 0 Å². The molecule has 0 amide bonds. The maximum atomic E-state index is 5.49. The molecule has 0 aromatic carbocycles. The Morgan fingerprint density at radius 1 is 1.33 bits per heavy atom. The van der Waals surface area contributed by atoms with Crippen molar-refractivity contribution in [1.29, 1.82) is 0 Å². The van der Waals surface area contributed by atoms with Gasteiger partial charge in [-0.3, -0.25) is 0 Å². The predicted octanol–water partition coefficient (Wildman–Crippen LogP) is 3.58. The summed E-state index contributed by atoms with van der Waals surface area (Å²) in [5.41, 5.74) is 9.71. The van der Waals surface area contributed by atoms with Crippen LogP contribution in [0.3, 0.4) is 0 Å². The quantitative estimate of drug-likeness (QED) is 0.682. The van der Waals surface area contributed by atoms with Crippen molar-refractivity contribution in [3.05, 3.63) is 35.5 Å². The van der Waals surface area contributed by atoms with Gasteiger partial charge in [-0.15, -0.1) is 0 Å². The van der Waals surface area contributed by atoms with E-state index in [2.05, 4.69) is 32.6 Å². The van der Waals surface area contributed by atoms with Gasteiger partial charge in [0.2, 0.25) is 0 Å². The fourth-order valence-corrected chi connectivity index (χ4v) is 2.03. The molecule has 1 aliphatic carbocycles. The second-order valence-electron chi connectivity index (χ2n) is 4.33. The van der Waals surface area contributed by atoms with E-state index in [1.807, 2.05) is 0 Å². The zero-order valence-electron chi connectivity index (χ0n) is 10.1. The number of nitrogens with two attached hydrogens (primary N) is 1. The molecule has 1 atom stereocenters. The minimum absolute atomic E-state index is 0.535. The molecule has 1 nitrogen and oxygen atoms in total. The van der Waals surface area contributed by atoms with Gasteiger partial charge < -0.3 is 5.73 Å². The largest absolute Gasteiger partial charge is 0.330 e. The summed E-state index contributed by atoms with van der Waals surface area (Å²) in [5, 5.41) is 0.